The normalized spacial score (nSPS) is 17.6. The van der Waals surface area contributed by atoms with Gasteiger partial charge < -0.3 is 15.0 Å². The Morgan fingerprint density at radius 1 is 1.19 bits per heavy atom. The molecule has 0 amide bonds. The number of benzene rings is 2. The van der Waals surface area contributed by atoms with Crippen molar-refractivity contribution in [2.45, 2.75) is 18.8 Å². The Hall–Kier alpha value is -2.56. The summed E-state index contributed by atoms with van der Waals surface area (Å²) in [6.45, 7) is 2.75. The Labute approximate surface area is 156 Å². The molecule has 0 spiro atoms. The van der Waals surface area contributed by atoms with E-state index >= 15 is 0 Å². The summed E-state index contributed by atoms with van der Waals surface area (Å²) in [7, 11) is 0. The van der Waals surface area contributed by atoms with Crippen LogP contribution in [0, 0.1) is 11.3 Å². The Kier molecular flexibility index (Phi) is 5.99. The molecule has 2 aromatic rings. The van der Waals surface area contributed by atoms with Gasteiger partial charge in [0.1, 0.15) is 0 Å². The maximum Gasteiger partial charge on any atom is 0.417 e. The van der Waals surface area contributed by atoms with Crippen molar-refractivity contribution in [3.8, 4) is 6.07 Å². The molecule has 4 nitrogen and oxygen atoms in total. The first-order chi connectivity index (χ1) is 13.0. The molecule has 0 saturated carbocycles. The molecule has 1 N–H and O–H groups in total. The molecule has 7 heteroatoms. The zero-order valence-electron chi connectivity index (χ0n) is 14.7. The number of nitrogens with one attached hydrogen (secondary N) is 1. The highest BCUT2D eigenvalue weighted by molar-refractivity contribution is 5.55. The summed E-state index contributed by atoms with van der Waals surface area (Å²) in [6.07, 6.45) is -4.55. The van der Waals surface area contributed by atoms with Crippen LogP contribution in [0.2, 0.25) is 0 Å². The summed E-state index contributed by atoms with van der Waals surface area (Å²) in [6, 6.07) is 15.3. The number of halogens is 3. The van der Waals surface area contributed by atoms with Crippen LogP contribution >= 0.6 is 0 Å². The first-order valence-corrected chi connectivity index (χ1v) is 8.68. The fraction of sp³-hybridized carbons (Fsp3) is 0.350. The minimum atomic E-state index is -4.55. The van der Waals surface area contributed by atoms with Gasteiger partial charge in [0.2, 0.25) is 0 Å². The van der Waals surface area contributed by atoms with Crippen LogP contribution < -0.4 is 10.2 Å². The molecule has 1 fully saturated rings. The molecule has 1 unspecified atom stereocenters. The highest BCUT2D eigenvalue weighted by Gasteiger charge is 2.34. The van der Waals surface area contributed by atoms with Crippen LogP contribution in [0.1, 0.15) is 16.7 Å². The van der Waals surface area contributed by atoms with Crippen molar-refractivity contribution in [2.24, 2.45) is 0 Å². The van der Waals surface area contributed by atoms with Crippen molar-refractivity contribution in [1.82, 2.24) is 5.32 Å². The number of nitriles is 1. The maximum atomic E-state index is 13.2. The third kappa shape index (κ3) is 5.00. The van der Waals surface area contributed by atoms with Crippen LogP contribution in [0.4, 0.5) is 18.9 Å². The zero-order valence-corrected chi connectivity index (χ0v) is 14.7. The van der Waals surface area contributed by atoms with Crippen molar-refractivity contribution in [1.29, 1.82) is 5.26 Å². The van der Waals surface area contributed by atoms with E-state index < -0.39 is 11.7 Å². The Bertz CT molecular complexity index is 802. The molecule has 142 valence electrons. The molecule has 1 heterocycles. The molecule has 0 radical (unpaired) electrons. The molecular weight excluding hydrogens is 355 g/mol. The number of hydrogen-bond acceptors (Lipinski definition) is 4. The van der Waals surface area contributed by atoms with Gasteiger partial charge in [-0.25, -0.2) is 0 Å². The van der Waals surface area contributed by atoms with E-state index in [1.165, 1.54) is 6.07 Å². The van der Waals surface area contributed by atoms with Gasteiger partial charge in [-0.2, -0.15) is 18.4 Å². The lowest BCUT2D eigenvalue weighted by atomic mass is 10.1. The van der Waals surface area contributed by atoms with Crippen molar-refractivity contribution in [3.63, 3.8) is 0 Å². The van der Waals surface area contributed by atoms with Crippen molar-refractivity contribution < 1.29 is 17.9 Å². The smallest absolute Gasteiger partial charge is 0.375 e. The van der Waals surface area contributed by atoms with Gasteiger partial charge in [0.25, 0.3) is 0 Å². The zero-order chi connectivity index (χ0) is 19.3. The van der Waals surface area contributed by atoms with Crippen LogP contribution in [0.15, 0.2) is 48.5 Å². The van der Waals surface area contributed by atoms with E-state index in [1.807, 2.05) is 35.2 Å². The number of alkyl halides is 3. The molecule has 1 aliphatic rings. The molecular formula is C20H20F3N3O. The second-order valence-corrected chi connectivity index (χ2v) is 6.44. The standard InChI is InChI=1S/C20H20F3N3O/c21-20(22,23)19-10-18(7-6-16(19)11-24)26-9-8-25-17(12-26)14-27-13-15-4-2-1-3-5-15/h1-7,10,17,25H,8-9,12-14H2. The number of piperazine rings is 1. The first kappa shape index (κ1) is 19.2. The summed E-state index contributed by atoms with van der Waals surface area (Å²) in [5.74, 6) is 0. The number of nitrogens with zero attached hydrogens (tertiary/aromatic N) is 2. The largest absolute Gasteiger partial charge is 0.417 e. The molecule has 0 aliphatic carbocycles. The lowest BCUT2D eigenvalue weighted by molar-refractivity contribution is -0.137. The third-order valence-corrected chi connectivity index (χ3v) is 4.48. The monoisotopic (exact) mass is 375 g/mol. The van der Waals surface area contributed by atoms with Gasteiger partial charge in [-0.3, -0.25) is 0 Å². The van der Waals surface area contributed by atoms with Gasteiger partial charge >= 0.3 is 6.18 Å². The Morgan fingerprint density at radius 2 is 1.96 bits per heavy atom. The molecule has 1 aliphatic heterocycles. The Balaban J connectivity index is 1.63. The van der Waals surface area contributed by atoms with Gasteiger partial charge in [-0.05, 0) is 23.8 Å². The van der Waals surface area contributed by atoms with Crippen LogP contribution in [0.25, 0.3) is 0 Å². The highest BCUT2D eigenvalue weighted by atomic mass is 19.4. The van der Waals surface area contributed by atoms with E-state index in [0.29, 0.717) is 38.5 Å². The second kappa shape index (κ2) is 8.42. The fourth-order valence-electron chi connectivity index (χ4n) is 3.13. The molecule has 1 atom stereocenters. The van der Waals surface area contributed by atoms with Crippen molar-refractivity contribution in [3.05, 3.63) is 65.2 Å². The van der Waals surface area contributed by atoms with Crippen LogP contribution in [0.3, 0.4) is 0 Å². The number of rotatable bonds is 5. The van der Waals surface area contributed by atoms with E-state index in [1.54, 1.807) is 12.1 Å². The number of hydrogen-bond donors (Lipinski definition) is 1. The minimum absolute atomic E-state index is 0.0208. The SMILES string of the molecule is N#Cc1ccc(N2CCNC(COCc3ccccc3)C2)cc1C(F)(F)F. The van der Waals surface area contributed by atoms with Crippen LogP contribution in [0.5, 0.6) is 0 Å². The van der Waals surface area contributed by atoms with Crippen molar-refractivity contribution in [2.75, 3.05) is 31.1 Å². The summed E-state index contributed by atoms with van der Waals surface area (Å²) >= 11 is 0. The molecule has 0 bridgehead atoms. The molecule has 1 saturated heterocycles. The highest BCUT2D eigenvalue weighted by Crippen LogP contribution is 2.34. The first-order valence-electron chi connectivity index (χ1n) is 8.68. The van der Waals surface area contributed by atoms with E-state index in [2.05, 4.69) is 5.32 Å². The molecule has 27 heavy (non-hydrogen) atoms. The lowest BCUT2D eigenvalue weighted by Crippen LogP contribution is -2.52. The number of ether oxygens (including phenoxy) is 1. The Morgan fingerprint density at radius 3 is 2.67 bits per heavy atom. The molecule has 0 aromatic heterocycles. The fourth-order valence-corrected chi connectivity index (χ4v) is 3.13. The van der Waals surface area contributed by atoms with E-state index in [4.69, 9.17) is 10.00 Å². The van der Waals surface area contributed by atoms with Gasteiger partial charge in [0.05, 0.1) is 30.4 Å². The van der Waals surface area contributed by atoms with Crippen molar-refractivity contribution >= 4 is 5.69 Å². The number of anilines is 1. The van der Waals surface area contributed by atoms with E-state index in [9.17, 15) is 13.2 Å². The maximum absolute atomic E-state index is 13.2. The van der Waals surface area contributed by atoms with Crippen LogP contribution in [-0.4, -0.2) is 32.3 Å². The topological polar surface area (TPSA) is 48.3 Å². The van der Waals surface area contributed by atoms with Crippen LogP contribution in [-0.2, 0) is 17.5 Å². The lowest BCUT2D eigenvalue weighted by Gasteiger charge is -2.35. The molecule has 3 rings (SSSR count). The summed E-state index contributed by atoms with van der Waals surface area (Å²) in [5, 5.41) is 12.3. The average molecular weight is 375 g/mol. The van der Waals surface area contributed by atoms with Gasteiger partial charge in [-0.1, -0.05) is 30.3 Å². The quantitative estimate of drug-likeness (QED) is 0.868. The average Bonchev–Trinajstić information content (AvgIpc) is 2.68. The van der Waals surface area contributed by atoms with Gasteiger partial charge in [0, 0.05) is 31.4 Å². The summed E-state index contributed by atoms with van der Waals surface area (Å²) in [4.78, 5) is 1.89. The second-order valence-electron chi connectivity index (χ2n) is 6.44. The third-order valence-electron chi connectivity index (χ3n) is 4.48. The predicted molar refractivity (Wildman–Crippen MR) is 96.3 cm³/mol. The summed E-state index contributed by atoms with van der Waals surface area (Å²) < 4.78 is 45.3. The van der Waals surface area contributed by atoms with Gasteiger partial charge in [-0.15, -0.1) is 0 Å². The van der Waals surface area contributed by atoms with E-state index in [-0.39, 0.29) is 11.6 Å². The van der Waals surface area contributed by atoms with Gasteiger partial charge in [0.15, 0.2) is 0 Å². The van der Waals surface area contributed by atoms with E-state index in [0.717, 1.165) is 11.6 Å². The minimum Gasteiger partial charge on any atom is -0.375 e. The molecule has 2 aromatic carbocycles. The summed E-state index contributed by atoms with van der Waals surface area (Å²) in [5.41, 5.74) is 0.296. The predicted octanol–water partition coefficient (Wildman–Crippen LogP) is 3.57.